The fourth-order valence-electron chi connectivity index (χ4n) is 7.18. The van der Waals surface area contributed by atoms with E-state index in [9.17, 15) is 35.4 Å². The van der Waals surface area contributed by atoms with Crippen LogP contribution in [0.4, 0.5) is 0 Å². The molecule has 0 spiro atoms. The van der Waals surface area contributed by atoms with E-state index in [1.165, 1.54) is 68.1 Å². The molecule has 306 valence electrons. The first-order chi connectivity index (χ1) is 26.2. The van der Waals surface area contributed by atoms with Gasteiger partial charge < -0.3 is 45.4 Å². The van der Waals surface area contributed by atoms with Crippen molar-refractivity contribution < 1.29 is 44.9 Å². The predicted octanol–water partition coefficient (Wildman–Crippen LogP) is 6.35. The van der Waals surface area contributed by atoms with Crippen molar-refractivity contribution in [3.05, 3.63) is 60.2 Å². The standard InChI is InChI=1S/C44H71NO9/c1-2-3-4-5-6-7-8-9-10-11-14-20-25-37(47)40(49)36(32-53-44-43(52)42(51)41(50)38(31-46)54-44)45-39(48)26-21-15-12-13-17-22-33-27-29-35(30-28-33)34-23-18-16-19-24-34/h16,18-19,23-24,27-30,36-38,40-44,46-47,49-52H,2-15,17,20-22,25-26,31-32H2,1H3,(H,45,48)/t36-,37+,38+,40-,41-,42-,43+,44-/m0/s1. The molecule has 10 nitrogen and oxygen atoms in total. The second kappa shape index (κ2) is 27.2. The number of rotatable bonds is 29. The van der Waals surface area contributed by atoms with Crippen molar-refractivity contribution in [2.45, 2.75) is 184 Å². The zero-order valence-electron chi connectivity index (χ0n) is 32.8. The van der Waals surface area contributed by atoms with Gasteiger partial charge in [-0.3, -0.25) is 4.79 Å². The summed E-state index contributed by atoms with van der Waals surface area (Å²) >= 11 is 0. The Labute approximate surface area is 324 Å². The maximum absolute atomic E-state index is 13.0. The Kier molecular flexibility index (Phi) is 23.2. The summed E-state index contributed by atoms with van der Waals surface area (Å²) in [5.74, 6) is -0.285. The molecule has 3 rings (SSSR count). The molecule has 8 atom stereocenters. The number of hydrogen-bond acceptors (Lipinski definition) is 9. The third-order valence-corrected chi connectivity index (χ3v) is 10.7. The highest BCUT2D eigenvalue weighted by atomic mass is 16.7. The first-order valence-corrected chi connectivity index (χ1v) is 21.0. The highest BCUT2D eigenvalue weighted by molar-refractivity contribution is 5.76. The van der Waals surface area contributed by atoms with Gasteiger partial charge in [-0.05, 0) is 42.4 Å². The van der Waals surface area contributed by atoms with E-state index in [1.54, 1.807) is 0 Å². The van der Waals surface area contributed by atoms with E-state index >= 15 is 0 Å². The number of ether oxygens (including phenoxy) is 2. The van der Waals surface area contributed by atoms with Crippen LogP contribution in [0.3, 0.4) is 0 Å². The van der Waals surface area contributed by atoms with E-state index in [0.717, 1.165) is 57.8 Å². The lowest BCUT2D eigenvalue weighted by Gasteiger charge is -2.40. The lowest BCUT2D eigenvalue weighted by atomic mass is 9.98. The minimum Gasteiger partial charge on any atom is -0.394 e. The number of benzene rings is 2. The Morgan fingerprint density at radius 1 is 0.704 bits per heavy atom. The second-order valence-electron chi connectivity index (χ2n) is 15.3. The molecule has 1 amide bonds. The van der Waals surface area contributed by atoms with E-state index in [1.807, 2.05) is 18.2 Å². The number of carbonyl (C=O) groups is 1. The van der Waals surface area contributed by atoms with Crippen LogP contribution in [0.5, 0.6) is 0 Å². The first kappa shape index (κ1) is 46.0. The molecule has 2 aromatic rings. The maximum Gasteiger partial charge on any atom is 0.220 e. The van der Waals surface area contributed by atoms with Crippen LogP contribution in [0, 0.1) is 0 Å². The summed E-state index contributed by atoms with van der Waals surface area (Å²) in [4.78, 5) is 13.0. The van der Waals surface area contributed by atoms with Crippen LogP contribution in [0.2, 0.25) is 0 Å². The topological polar surface area (TPSA) is 169 Å². The number of amides is 1. The van der Waals surface area contributed by atoms with Gasteiger partial charge in [0.05, 0.1) is 25.4 Å². The Morgan fingerprint density at radius 2 is 1.26 bits per heavy atom. The number of carbonyl (C=O) groups excluding carboxylic acids is 1. The van der Waals surface area contributed by atoms with Gasteiger partial charge >= 0.3 is 0 Å². The number of unbranched alkanes of at least 4 members (excludes halogenated alkanes) is 15. The zero-order chi connectivity index (χ0) is 39.0. The van der Waals surface area contributed by atoms with Crippen LogP contribution in [0.1, 0.15) is 134 Å². The van der Waals surface area contributed by atoms with Crippen LogP contribution >= 0.6 is 0 Å². The van der Waals surface area contributed by atoms with Crippen LogP contribution in [-0.4, -0.2) is 98.7 Å². The predicted molar refractivity (Wildman–Crippen MR) is 213 cm³/mol. The summed E-state index contributed by atoms with van der Waals surface area (Å²) in [5, 5.41) is 65.1. The molecule has 1 heterocycles. The van der Waals surface area contributed by atoms with Crippen molar-refractivity contribution in [3.63, 3.8) is 0 Å². The van der Waals surface area contributed by atoms with Gasteiger partial charge in [0, 0.05) is 6.42 Å². The van der Waals surface area contributed by atoms with E-state index < -0.39 is 55.6 Å². The smallest absolute Gasteiger partial charge is 0.220 e. The molecule has 7 N–H and O–H groups in total. The zero-order valence-corrected chi connectivity index (χ0v) is 32.8. The van der Waals surface area contributed by atoms with Crippen molar-refractivity contribution in [1.82, 2.24) is 5.32 Å². The summed E-state index contributed by atoms with van der Waals surface area (Å²) < 4.78 is 11.1. The summed E-state index contributed by atoms with van der Waals surface area (Å²) in [6.07, 6.45) is 10.8. The van der Waals surface area contributed by atoms with E-state index in [0.29, 0.717) is 12.8 Å². The highest BCUT2D eigenvalue weighted by Crippen LogP contribution is 2.24. The second-order valence-corrected chi connectivity index (χ2v) is 15.3. The van der Waals surface area contributed by atoms with E-state index in [-0.39, 0.29) is 18.9 Å². The molecule has 0 saturated carbocycles. The molecular formula is C44H71NO9. The van der Waals surface area contributed by atoms with Gasteiger partial charge in [0.2, 0.25) is 5.91 Å². The van der Waals surface area contributed by atoms with Gasteiger partial charge in [0.25, 0.3) is 0 Å². The monoisotopic (exact) mass is 758 g/mol. The Morgan fingerprint density at radius 3 is 1.87 bits per heavy atom. The van der Waals surface area contributed by atoms with Gasteiger partial charge in [0.1, 0.15) is 30.5 Å². The Hall–Kier alpha value is -2.41. The fourth-order valence-corrected chi connectivity index (χ4v) is 7.18. The largest absolute Gasteiger partial charge is 0.394 e. The molecule has 1 aliphatic heterocycles. The van der Waals surface area contributed by atoms with Gasteiger partial charge in [-0.2, -0.15) is 0 Å². The summed E-state index contributed by atoms with van der Waals surface area (Å²) in [6.45, 7) is 1.31. The Balaban J connectivity index is 1.38. The van der Waals surface area contributed by atoms with Crippen molar-refractivity contribution >= 4 is 5.91 Å². The van der Waals surface area contributed by atoms with Crippen LogP contribution in [0.25, 0.3) is 11.1 Å². The number of aliphatic hydroxyl groups is 6. The van der Waals surface area contributed by atoms with E-state index in [2.05, 4.69) is 48.6 Å². The molecular weight excluding hydrogens is 686 g/mol. The molecule has 10 heteroatoms. The minimum absolute atomic E-state index is 0.249. The molecule has 1 aliphatic rings. The van der Waals surface area contributed by atoms with Gasteiger partial charge in [-0.15, -0.1) is 0 Å². The molecule has 0 radical (unpaired) electrons. The highest BCUT2D eigenvalue weighted by Gasteiger charge is 2.44. The van der Waals surface area contributed by atoms with Crippen molar-refractivity contribution in [1.29, 1.82) is 0 Å². The van der Waals surface area contributed by atoms with Crippen molar-refractivity contribution in [2.75, 3.05) is 13.2 Å². The quantitative estimate of drug-likeness (QED) is 0.0468. The minimum atomic E-state index is -1.62. The number of nitrogens with one attached hydrogen (secondary N) is 1. The van der Waals surface area contributed by atoms with Gasteiger partial charge in [-0.25, -0.2) is 0 Å². The molecule has 0 unspecified atom stereocenters. The molecule has 0 bridgehead atoms. The first-order valence-electron chi connectivity index (χ1n) is 21.0. The summed E-state index contributed by atoms with van der Waals surface area (Å²) in [6, 6.07) is 18.0. The average molecular weight is 758 g/mol. The number of aryl methyl sites for hydroxylation is 1. The summed E-state index contributed by atoms with van der Waals surface area (Å²) in [7, 11) is 0. The third-order valence-electron chi connectivity index (χ3n) is 10.7. The molecule has 2 aromatic carbocycles. The van der Waals surface area contributed by atoms with Crippen LogP contribution in [-0.2, 0) is 20.7 Å². The molecule has 0 aliphatic carbocycles. The van der Waals surface area contributed by atoms with Gasteiger partial charge in [-0.1, -0.05) is 158 Å². The van der Waals surface area contributed by atoms with Gasteiger partial charge in [0.15, 0.2) is 6.29 Å². The fraction of sp³-hybridized carbons (Fsp3) is 0.705. The van der Waals surface area contributed by atoms with Crippen LogP contribution in [0.15, 0.2) is 54.6 Å². The van der Waals surface area contributed by atoms with Crippen molar-refractivity contribution in [3.8, 4) is 11.1 Å². The molecule has 1 fully saturated rings. The SMILES string of the molecule is CCCCCCCCCCCCCC[C@@H](O)[C@@H](O)[C@H](CO[C@H]1O[C@H](CO)[C@H](O)[C@H](O)[C@H]1O)NC(=O)CCCCCCCc1ccc(-c2ccccc2)cc1. The van der Waals surface area contributed by atoms with E-state index in [4.69, 9.17) is 9.47 Å². The number of aliphatic hydroxyl groups excluding tert-OH is 6. The molecule has 0 aromatic heterocycles. The number of hydrogen-bond donors (Lipinski definition) is 7. The summed E-state index contributed by atoms with van der Waals surface area (Å²) in [5.41, 5.74) is 3.73. The normalized spacial score (nSPS) is 21.8. The maximum atomic E-state index is 13.0. The lowest BCUT2D eigenvalue weighted by Crippen LogP contribution is -2.60. The Bertz CT molecular complexity index is 1230. The van der Waals surface area contributed by atoms with Crippen molar-refractivity contribution in [2.24, 2.45) is 0 Å². The third kappa shape index (κ3) is 17.2. The molecule has 54 heavy (non-hydrogen) atoms. The molecule has 1 saturated heterocycles. The average Bonchev–Trinajstić information content (AvgIpc) is 3.19. The lowest BCUT2D eigenvalue weighted by molar-refractivity contribution is -0.303. The van der Waals surface area contributed by atoms with Crippen LogP contribution < -0.4 is 5.32 Å².